The van der Waals surface area contributed by atoms with Gasteiger partial charge in [0, 0.05) is 30.7 Å². The van der Waals surface area contributed by atoms with Crippen molar-refractivity contribution in [2.24, 2.45) is 0 Å². The summed E-state index contributed by atoms with van der Waals surface area (Å²) in [7, 11) is -3.61. The van der Waals surface area contributed by atoms with Crippen molar-refractivity contribution in [1.29, 1.82) is 0 Å². The van der Waals surface area contributed by atoms with Gasteiger partial charge in [0.15, 0.2) is 0 Å². The summed E-state index contributed by atoms with van der Waals surface area (Å²) in [6.07, 6.45) is 0. The highest BCUT2D eigenvalue weighted by Crippen LogP contribution is 2.19. The highest BCUT2D eigenvalue weighted by molar-refractivity contribution is 7.89. The average Bonchev–Trinajstić information content (AvgIpc) is 2.54. The lowest BCUT2D eigenvalue weighted by Crippen LogP contribution is -2.29. The van der Waals surface area contributed by atoms with Crippen LogP contribution in [0.1, 0.15) is 18.3 Å². The minimum Gasteiger partial charge on any atom is -0.370 e. The molecule has 1 aromatic carbocycles. The lowest BCUT2D eigenvalue weighted by molar-refractivity contribution is 0.582. The van der Waals surface area contributed by atoms with Crippen LogP contribution in [0.25, 0.3) is 0 Å². The Morgan fingerprint density at radius 2 is 1.72 bits per heavy atom. The zero-order valence-electron chi connectivity index (χ0n) is 14.4. The Morgan fingerprint density at radius 3 is 2.40 bits per heavy atom. The van der Waals surface area contributed by atoms with Crippen molar-refractivity contribution < 1.29 is 8.42 Å². The second-order valence-corrected chi connectivity index (χ2v) is 7.62. The first-order valence-electron chi connectivity index (χ1n) is 7.91. The van der Waals surface area contributed by atoms with E-state index < -0.39 is 10.0 Å². The van der Waals surface area contributed by atoms with Crippen molar-refractivity contribution >= 4 is 33.3 Å². The highest BCUT2D eigenvalue weighted by atomic mass is 35.5. The molecule has 9 heteroatoms. The van der Waals surface area contributed by atoms with Gasteiger partial charge in [0.2, 0.25) is 10.0 Å². The summed E-state index contributed by atoms with van der Waals surface area (Å²) in [6.45, 7) is 6.88. The van der Waals surface area contributed by atoms with Gasteiger partial charge in [-0.15, -0.1) is 0 Å². The third kappa shape index (κ3) is 5.55. The number of aromatic nitrogens is 2. The van der Waals surface area contributed by atoms with Crippen LogP contribution in [0, 0.1) is 13.8 Å². The molecule has 136 valence electrons. The van der Waals surface area contributed by atoms with E-state index in [0.29, 0.717) is 28.8 Å². The molecule has 0 saturated carbocycles. The van der Waals surface area contributed by atoms with Crippen LogP contribution >= 0.6 is 11.6 Å². The van der Waals surface area contributed by atoms with Crippen LogP contribution in [0.3, 0.4) is 0 Å². The molecule has 3 N–H and O–H groups in total. The first-order chi connectivity index (χ1) is 11.8. The lowest BCUT2D eigenvalue weighted by Gasteiger charge is -2.11. The van der Waals surface area contributed by atoms with Gasteiger partial charge in [0.05, 0.1) is 4.90 Å². The Kier molecular flexibility index (Phi) is 6.57. The molecule has 0 radical (unpaired) electrons. The van der Waals surface area contributed by atoms with Gasteiger partial charge in [-0.25, -0.2) is 23.1 Å². The van der Waals surface area contributed by atoms with Crippen LogP contribution < -0.4 is 15.4 Å². The molecule has 7 nitrogen and oxygen atoms in total. The number of hydrogen-bond donors (Lipinski definition) is 3. The molecule has 1 heterocycles. The van der Waals surface area contributed by atoms with E-state index in [1.54, 1.807) is 32.0 Å². The molecule has 25 heavy (non-hydrogen) atoms. The van der Waals surface area contributed by atoms with E-state index in [1.807, 2.05) is 6.92 Å². The summed E-state index contributed by atoms with van der Waals surface area (Å²) >= 11 is 5.89. The monoisotopic (exact) mass is 383 g/mol. The van der Waals surface area contributed by atoms with Crippen molar-refractivity contribution in [2.45, 2.75) is 25.7 Å². The van der Waals surface area contributed by atoms with Crippen molar-refractivity contribution in [3.8, 4) is 0 Å². The SMILES string of the molecule is CCNc1cc(NCCNS(=O)(=O)c2cc(Cl)ccc2C)nc(C)n1. The zero-order chi connectivity index (χ0) is 18.4. The van der Waals surface area contributed by atoms with Crippen molar-refractivity contribution in [3.05, 3.63) is 40.7 Å². The highest BCUT2D eigenvalue weighted by Gasteiger charge is 2.16. The quantitative estimate of drug-likeness (QED) is 0.606. The molecule has 0 spiro atoms. The van der Waals surface area contributed by atoms with Gasteiger partial charge in [0.25, 0.3) is 0 Å². The van der Waals surface area contributed by atoms with E-state index in [-0.39, 0.29) is 11.4 Å². The minimum atomic E-state index is -3.61. The molecule has 0 aliphatic heterocycles. The summed E-state index contributed by atoms with van der Waals surface area (Å²) in [6, 6.07) is 6.58. The molecule has 0 saturated heterocycles. The number of sulfonamides is 1. The molecule has 0 amide bonds. The fraction of sp³-hybridized carbons (Fsp3) is 0.375. The van der Waals surface area contributed by atoms with Gasteiger partial charge >= 0.3 is 0 Å². The average molecular weight is 384 g/mol. The van der Waals surface area contributed by atoms with Crippen LogP contribution in [-0.4, -0.2) is 38.0 Å². The Hall–Kier alpha value is -1.90. The smallest absolute Gasteiger partial charge is 0.240 e. The van der Waals surface area contributed by atoms with Crippen LogP contribution in [-0.2, 0) is 10.0 Å². The molecule has 1 aromatic heterocycles. The Balaban J connectivity index is 1.95. The van der Waals surface area contributed by atoms with E-state index in [4.69, 9.17) is 11.6 Å². The Labute approximate surface area is 153 Å². The molecule has 0 atom stereocenters. The van der Waals surface area contributed by atoms with Crippen LogP contribution in [0.5, 0.6) is 0 Å². The molecule has 0 aliphatic rings. The number of benzene rings is 1. The summed E-state index contributed by atoms with van der Waals surface area (Å²) in [5.41, 5.74) is 0.645. The standard InChI is InChI=1S/C16H22ClN5O2S/c1-4-18-15-10-16(22-12(3)21-15)19-7-8-20-25(23,24)14-9-13(17)6-5-11(14)2/h5-6,9-10,20H,4,7-8H2,1-3H3,(H2,18,19,21,22). The van der Waals surface area contributed by atoms with Gasteiger partial charge in [0.1, 0.15) is 17.5 Å². The maximum absolute atomic E-state index is 12.4. The topological polar surface area (TPSA) is 96.0 Å². The van der Waals surface area contributed by atoms with Gasteiger partial charge < -0.3 is 10.6 Å². The molecule has 0 unspecified atom stereocenters. The summed E-state index contributed by atoms with van der Waals surface area (Å²) in [4.78, 5) is 8.73. The Bertz CT molecular complexity index is 842. The number of halogens is 1. The predicted octanol–water partition coefficient (Wildman–Crippen LogP) is 2.57. The molecular weight excluding hydrogens is 362 g/mol. The number of anilines is 2. The van der Waals surface area contributed by atoms with Crippen LogP contribution in [0.15, 0.2) is 29.2 Å². The zero-order valence-corrected chi connectivity index (χ0v) is 16.0. The number of hydrogen-bond acceptors (Lipinski definition) is 6. The number of nitrogens with zero attached hydrogens (tertiary/aromatic N) is 2. The van der Waals surface area contributed by atoms with Crippen LogP contribution in [0.4, 0.5) is 11.6 Å². The maximum atomic E-state index is 12.4. The summed E-state index contributed by atoms with van der Waals surface area (Å²) in [5.74, 6) is 2.00. The maximum Gasteiger partial charge on any atom is 0.240 e. The molecule has 0 bridgehead atoms. The Morgan fingerprint density at radius 1 is 1.04 bits per heavy atom. The molecule has 0 fully saturated rings. The normalized spacial score (nSPS) is 11.4. The van der Waals surface area contributed by atoms with Crippen molar-refractivity contribution in [1.82, 2.24) is 14.7 Å². The molecule has 0 aliphatic carbocycles. The largest absolute Gasteiger partial charge is 0.370 e. The van der Waals surface area contributed by atoms with E-state index in [0.717, 1.165) is 12.4 Å². The fourth-order valence-electron chi connectivity index (χ4n) is 2.25. The van der Waals surface area contributed by atoms with Crippen molar-refractivity contribution in [2.75, 3.05) is 30.3 Å². The number of aryl methyl sites for hydroxylation is 2. The second-order valence-electron chi connectivity index (χ2n) is 5.45. The van der Waals surface area contributed by atoms with E-state index in [1.165, 1.54) is 6.07 Å². The van der Waals surface area contributed by atoms with Gasteiger partial charge in [-0.05, 0) is 38.5 Å². The first-order valence-corrected chi connectivity index (χ1v) is 9.77. The fourth-order valence-corrected chi connectivity index (χ4v) is 3.78. The number of rotatable bonds is 8. The minimum absolute atomic E-state index is 0.187. The third-order valence-electron chi connectivity index (χ3n) is 3.36. The van der Waals surface area contributed by atoms with Crippen molar-refractivity contribution in [3.63, 3.8) is 0 Å². The summed E-state index contributed by atoms with van der Waals surface area (Å²) in [5, 5.41) is 6.60. The molecular formula is C16H22ClN5O2S. The lowest BCUT2D eigenvalue weighted by atomic mass is 10.2. The molecule has 2 rings (SSSR count). The van der Waals surface area contributed by atoms with E-state index in [2.05, 4.69) is 25.3 Å². The predicted molar refractivity (Wildman–Crippen MR) is 101 cm³/mol. The summed E-state index contributed by atoms with van der Waals surface area (Å²) < 4.78 is 27.3. The van der Waals surface area contributed by atoms with Gasteiger partial charge in [-0.3, -0.25) is 0 Å². The molecule has 2 aromatic rings. The van der Waals surface area contributed by atoms with E-state index in [9.17, 15) is 8.42 Å². The first kappa shape index (κ1) is 19.4. The number of nitrogens with one attached hydrogen (secondary N) is 3. The third-order valence-corrected chi connectivity index (χ3v) is 5.20. The second kappa shape index (κ2) is 8.46. The van der Waals surface area contributed by atoms with Crippen LogP contribution in [0.2, 0.25) is 5.02 Å². The van der Waals surface area contributed by atoms with Gasteiger partial charge in [-0.1, -0.05) is 17.7 Å². The van der Waals surface area contributed by atoms with Gasteiger partial charge in [-0.2, -0.15) is 0 Å². The van der Waals surface area contributed by atoms with E-state index >= 15 is 0 Å².